The summed E-state index contributed by atoms with van der Waals surface area (Å²) in [4.78, 5) is 31.8. The highest BCUT2D eigenvalue weighted by Crippen LogP contribution is 2.20. The van der Waals surface area contributed by atoms with Crippen molar-refractivity contribution < 1.29 is 14.3 Å². The van der Waals surface area contributed by atoms with Crippen LogP contribution in [0, 0.1) is 5.92 Å². The van der Waals surface area contributed by atoms with E-state index in [1.54, 1.807) is 18.3 Å². The van der Waals surface area contributed by atoms with Crippen LogP contribution in [0.1, 0.15) is 27.7 Å². The molecule has 1 saturated heterocycles. The van der Waals surface area contributed by atoms with Crippen molar-refractivity contribution in [2.75, 3.05) is 28.6 Å². The summed E-state index contributed by atoms with van der Waals surface area (Å²) < 4.78 is 5.77. The number of hydrogen-bond acceptors (Lipinski definition) is 5. The van der Waals surface area contributed by atoms with Gasteiger partial charge in [-0.05, 0) is 44.0 Å². The highest BCUT2D eigenvalue weighted by atomic mass is 16.5. The smallest absolute Gasteiger partial charge is 0.319 e. The van der Waals surface area contributed by atoms with Gasteiger partial charge in [-0.15, -0.1) is 0 Å². The molecule has 3 rings (SSSR count). The first-order valence-electron chi connectivity index (χ1n) is 10.6. The summed E-state index contributed by atoms with van der Waals surface area (Å²) in [5.41, 5.74) is 1.24. The number of anilines is 3. The van der Waals surface area contributed by atoms with Crippen molar-refractivity contribution >= 4 is 29.1 Å². The van der Waals surface area contributed by atoms with Crippen molar-refractivity contribution in [1.82, 2.24) is 10.3 Å². The van der Waals surface area contributed by atoms with Gasteiger partial charge in [-0.25, -0.2) is 9.78 Å². The fourth-order valence-electron chi connectivity index (χ4n) is 3.60. The Balaban J connectivity index is 1.59. The number of urea groups is 1. The number of carbonyl (C=O) groups is 2. The summed E-state index contributed by atoms with van der Waals surface area (Å²) >= 11 is 0. The van der Waals surface area contributed by atoms with Crippen LogP contribution in [0.15, 0.2) is 48.7 Å². The second-order valence-electron chi connectivity index (χ2n) is 8.24. The number of amides is 3. The van der Waals surface area contributed by atoms with Gasteiger partial charge in [0.2, 0.25) is 5.91 Å². The molecule has 3 atom stereocenters. The summed E-state index contributed by atoms with van der Waals surface area (Å²) in [7, 11) is 0. The first-order chi connectivity index (χ1) is 14.8. The van der Waals surface area contributed by atoms with Crippen LogP contribution in [0.5, 0.6) is 0 Å². The van der Waals surface area contributed by atoms with Gasteiger partial charge >= 0.3 is 6.03 Å². The minimum Gasteiger partial charge on any atom is -0.372 e. The first-order valence-corrected chi connectivity index (χ1v) is 10.6. The number of para-hydroxylation sites is 1. The van der Waals surface area contributed by atoms with Crippen molar-refractivity contribution in [3.8, 4) is 0 Å². The van der Waals surface area contributed by atoms with E-state index in [4.69, 9.17) is 4.74 Å². The predicted octanol–water partition coefficient (Wildman–Crippen LogP) is 3.48. The molecule has 0 bridgehead atoms. The van der Waals surface area contributed by atoms with Gasteiger partial charge in [0, 0.05) is 18.8 Å². The maximum absolute atomic E-state index is 12.8. The lowest BCUT2D eigenvalue weighted by atomic mass is 10.0. The molecule has 3 amide bonds. The van der Waals surface area contributed by atoms with Crippen LogP contribution >= 0.6 is 0 Å². The van der Waals surface area contributed by atoms with Crippen molar-refractivity contribution in [3.05, 3.63) is 48.7 Å². The third-order valence-corrected chi connectivity index (χ3v) is 5.03. The topological polar surface area (TPSA) is 95.6 Å². The molecule has 1 aliphatic heterocycles. The summed E-state index contributed by atoms with van der Waals surface area (Å²) in [5.74, 6) is 0.465. The molecule has 1 aliphatic rings. The predicted molar refractivity (Wildman–Crippen MR) is 122 cm³/mol. The highest BCUT2D eigenvalue weighted by Gasteiger charge is 2.25. The fourth-order valence-corrected chi connectivity index (χ4v) is 3.60. The van der Waals surface area contributed by atoms with Crippen LogP contribution in [-0.2, 0) is 9.53 Å². The molecular formula is C23H31N5O3. The van der Waals surface area contributed by atoms with E-state index in [-0.39, 0.29) is 24.0 Å². The standard InChI is InChI=1S/C23H31N5O3/c1-15(2)21(27-23(30)26-18-8-6-5-7-9-18)22(29)25-19-10-11-20(24-12-19)28-13-16(3)31-17(4)14-28/h5-12,15-17,21H,13-14H2,1-4H3,(H,25,29)(H2,26,27,30). The molecule has 1 aromatic carbocycles. The number of nitrogens with zero attached hydrogens (tertiary/aromatic N) is 2. The molecule has 31 heavy (non-hydrogen) atoms. The molecule has 8 nitrogen and oxygen atoms in total. The van der Waals surface area contributed by atoms with E-state index in [0.29, 0.717) is 11.4 Å². The van der Waals surface area contributed by atoms with Crippen molar-refractivity contribution in [3.63, 3.8) is 0 Å². The Hall–Kier alpha value is -3.13. The van der Waals surface area contributed by atoms with E-state index in [1.165, 1.54) is 0 Å². The summed E-state index contributed by atoms with van der Waals surface area (Å²) in [6.07, 6.45) is 1.93. The third-order valence-electron chi connectivity index (χ3n) is 5.03. The molecule has 0 spiro atoms. The van der Waals surface area contributed by atoms with E-state index in [2.05, 4.69) is 25.8 Å². The molecule has 0 saturated carbocycles. The Morgan fingerprint density at radius 1 is 1.00 bits per heavy atom. The Morgan fingerprint density at radius 2 is 1.68 bits per heavy atom. The monoisotopic (exact) mass is 425 g/mol. The van der Waals surface area contributed by atoms with Gasteiger partial charge < -0.3 is 25.6 Å². The molecule has 1 aromatic heterocycles. The van der Waals surface area contributed by atoms with Crippen molar-refractivity contribution in [1.29, 1.82) is 0 Å². The second-order valence-corrected chi connectivity index (χ2v) is 8.24. The van der Waals surface area contributed by atoms with Crippen molar-refractivity contribution in [2.45, 2.75) is 45.9 Å². The molecular weight excluding hydrogens is 394 g/mol. The lowest BCUT2D eigenvalue weighted by Crippen LogP contribution is -2.48. The quantitative estimate of drug-likeness (QED) is 0.659. The van der Waals surface area contributed by atoms with Gasteiger partial charge in [-0.2, -0.15) is 0 Å². The fraction of sp³-hybridized carbons (Fsp3) is 0.435. The number of carbonyl (C=O) groups excluding carboxylic acids is 2. The molecule has 2 heterocycles. The van der Waals surface area contributed by atoms with Crippen LogP contribution in [0.4, 0.5) is 22.0 Å². The van der Waals surface area contributed by atoms with E-state index < -0.39 is 12.1 Å². The number of morpholine rings is 1. The Bertz CT molecular complexity index is 863. The van der Waals surface area contributed by atoms with E-state index in [9.17, 15) is 9.59 Å². The summed E-state index contributed by atoms with van der Waals surface area (Å²) in [6.45, 7) is 9.41. The maximum Gasteiger partial charge on any atom is 0.319 e. The van der Waals surface area contributed by atoms with E-state index >= 15 is 0 Å². The molecule has 2 aromatic rings. The third kappa shape index (κ3) is 6.42. The van der Waals surface area contributed by atoms with Crippen LogP contribution in [0.3, 0.4) is 0 Å². The lowest BCUT2D eigenvalue weighted by molar-refractivity contribution is -0.118. The van der Waals surface area contributed by atoms with E-state index in [0.717, 1.165) is 18.9 Å². The van der Waals surface area contributed by atoms with Gasteiger partial charge in [0.1, 0.15) is 11.9 Å². The Labute approximate surface area is 183 Å². The Kier molecular flexibility index (Phi) is 7.46. The maximum atomic E-state index is 12.8. The van der Waals surface area contributed by atoms with Gasteiger partial charge in [0.05, 0.1) is 24.1 Å². The number of hydrogen-bond donors (Lipinski definition) is 3. The van der Waals surface area contributed by atoms with Gasteiger partial charge in [0.25, 0.3) is 0 Å². The lowest BCUT2D eigenvalue weighted by Gasteiger charge is -2.36. The van der Waals surface area contributed by atoms with Gasteiger partial charge in [-0.1, -0.05) is 32.0 Å². The Morgan fingerprint density at radius 3 is 2.26 bits per heavy atom. The zero-order valence-electron chi connectivity index (χ0n) is 18.5. The molecule has 0 aliphatic carbocycles. The average molecular weight is 426 g/mol. The van der Waals surface area contributed by atoms with Crippen LogP contribution in [0.25, 0.3) is 0 Å². The van der Waals surface area contributed by atoms with Crippen LogP contribution in [0.2, 0.25) is 0 Å². The number of rotatable bonds is 6. The average Bonchev–Trinajstić information content (AvgIpc) is 2.72. The highest BCUT2D eigenvalue weighted by molar-refractivity contribution is 5.99. The molecule has 166 valence electrons. The first kappa shape index (κ1) is 22.6. The molecule has 1 fully saturated rings. The number of ether oxygens (including phenoxy) is 1. The molecule has 0 radical (unpaired) electrons. The van der Waals surface area contributed by atoms with Crippen LogP contribution in [-0.4, -0.2) is 48.3 Å². The number of pyridine rings is 1. The number of aromatic nitrogens is 1. The van der Waals surface area contributed by atoms with Crippen molar-refractivity contribution in [2.24, 2.45) is 5.92 Å². The number of nitrogens with one attached hydrogen (secondary N) is 3. The summed E-state index contributed by atoms with van der Waals surface area (Å²) in [5, 5.41) is 8.35. The largest absolute Gasteiger partial charge is 0.372 e. The zero-order chi connectivity index (χ0) is 22.4. The second kappa shape index (κ2) is 10.3. The van der Waals surface area contributed by atoms with Gasteiger partial charge in [0.15, 0.2) is 0 Å². The SMILES string of the molecule is CC1CN(c2ccc(NC(=O)C(NC(=O)Nc3ccccc3)C(C)C)cn2)CC(C)O1. The summed E-state index contributed by atoms with van der Waals surface area (Å²) in [6, 6.07) is 11.7. The molecule has 3 N–H and O–H groups in total. The zero-order valence-corrected chi connectivity index (χ0v) is 18.5. The van der Waals surface area contributed by atoms with Gasteiger partial charge in [-0.3, -0.25) is 4.79 Å². The minimum absolute atomic E-state index is 0.0925. The number of benzene rings is 1. The minimum atomic E-state index is -0.690. The normalized spacial score (nSPS) is 19.6. The molecule has 3 unspecified atom stereocenters. The van der Waals surface area contributed by atoms with Crippen LogP contribution < -0.4 is 20.9 Å². The molecule has 8 heteroatoms. The van der Waals surface area contributed by atoms with E-state index in [1.807, 2.05) is 58.0 Å².